The molecule has 154 valence electrons. The summed E-state index contributed by atoms with van der Waals surface area (Å²) >= 11 is 0. The lowest BCUT2D eigenvalue weighted by Gasteiger charge is -2.25. The largest absolute Gasteiger partial charge is 0.463 e. The summed E-state index contributed by atoms with van der Waals surface area (Å²) in [7, 11) is 1.75. The van der Waals surface area contributed by atoms with Crippen LogP contribution in [0.15, 0.2) is 12.7 Å². The molecule has 0 rings (SSSR count). The van der Waals surface area contributed by atoms with Gasteiger partial charge in [0.25, 0.3) is 0 Å². The minimum absolute atomic E-state index is 0.311. The molecule has 0 aromatic rings. The summed E-state index contributed by atoms with van der Waals surface area (Å²) in [6, 6.07) is 2.17. The van der Waals surface area contributed by atoms with Gasteiger partial charge in [-0.25, -0.2) is 4.79 Å². The zero-order valence-corrected chi connectivity index (χ0v) is 18.5. The molecular weight excluding hydrogens is 344 g/mol. The van der Waals surface area contributed by atoms with Crippen molar-refractivity contribution in [1.29, 1.82) is 0 Å². The highest BCUT2D eigenvalue weighted by atomic mass is 28.4. The van der Waals surface area contributed by atoms with Gasteiger partial charge in [-0.2, -0.15) is 0 Å². The fourth-order valence-electron chi connectivity index (χ4n) is 3.25. The van der Waals surface area contributed by atoms with E-state index in [2.05, 4.69) is 13.5 Å². The van der Waals surface area contributed by atoms with Crippen molar-refractivity contribution in [1.82, 2.24) is 0 Å². The Morgan fingerprint density at radius 2 is 1.23 bits per heavy atom. The summed E-state index contributed by atoms with van der Waals surface area (Å²) in [6.07, 6.45) is 16.5. The van der Waals surface area contributed by atoms with Gasteiger partial charge < -0.3 is 13.6 Å². The number of hydrogen-bond donors (Lipinski definition) is 0. The molecule has 0 aliphatic rings. The Morgan fingerprint density at radius 3 is 1.62 bits per heavy atom. The number of ether oxygens (including phenoxy) is 1. The summed E-state index contributed by atoms with van der Waals surface area (Å²) < 4.78 is 16.3. The average Bonchev–Trinajstić information content (AvgIpc) is 2.68. The van der Waals surface area contributed by atoms with E-state index >= 15 is 0 Å². The maximum atomic E-state index is 10.9. The molecule has 0 unspecified atom stereocenters. The Hall–Kier alpha value is -0.653. The average molecular weight is 387 g/mol. The van der Waals surface area contributed by atoms with Gasteiger partial charge in [-0.15, -0.1) is 0 Å². The van der Waals surface area contributed by atoms with E-state index in [1.165, 1.54) is 70.3 Å². The predicted octanol–water partition coefficient (Wildman–Crippen LogP) is 6.15. The van der Waals surface area contributed by atoms with Crippen LogP contribution in [0.25, 0.3) is 0 Å². The van der Waals surface area contributed by atoms with Crippen LogP contribution in [0.2, 0.25) is 12.1 Å². The van der Waals surface area contributed by atoms with Gasteiger partial charge in [0.15, 0.2) is 0 Å². The molecule has 0 atom stereocenters. The third kappa shape index (κ3) is 13.5. The SMILES string of the molecule is C=CC(=O)OCCCCCCCCCCCCCC[Si](CC)(OC)OC. The highest BCUT2D eigenvalue weighted by Crippen LogP contribution is 2.21. The lowest BCUT2D eigenvalue weighted by atomic mass is 10.1. The molecule has 0 saturated carbocycles. The molecule has 0 bridgehead atoms. The lowest BCUT2D eigenvalue weighted by molar-refractivity contribution is -0.137. The van der Waals surface area contributed by atoms with Gasteiger partial charge >= 0.3 is 14.5 Å². The van der Waals surface area contributed by atoms with Gasteiger partial charge in [-0.3, -0.25) is 0 Å². The number of carbonyl (C=O) groups excluding carboxylic acids is 1. The molecule has 26 heavy (non-hydrogen) atoms. The molecule has 0 aromatic carbocycles. The van der Waals surface area contributed by atoms with E-state index < -0.39 is 8.56 Å². The van der Waals surface area contributed by atoms with Crippen LogP contribution in [0, 0.1) is 0 Å². The lowest BCUT2D eigenvalue weighted by Crippen LogP contribution is -2.38. The molecule has 5 heteroatoms. The van der Waals surface area contributed by atoms with Gasteiger partial charge in [0.05, 0.1) is 6.61 Å². The minimum atomic E-state index is -1.86. The van der Waals surface area contributed by atoms with Crippen molar-refractivity contribution in [2.45, 2.75) is 96.1 Å². The minimum Gasteiger partial charge on any atom is -0.463 e. The van der Waals surface area contributed by atoms with Crippen LogP contribution >= 0.6 is 0 Å². The van der Waals surface area contributed by atoms with Crippen molar-refractivity contribution in [3.63, 3.8) is 0 Å². The molecule has 0 amide bonds. The quantitative estimate of drug-likeness (QED) is 0.116. The zero-order valence-electron chi connectivity index (χ0n) is 17.5. The molecule has 0 aliphatic heterocycles. The first-order chi connectivity index (χ1) is 12.6. The van der Waals surface area contributed by atoms with Crippen molar-refractivity contribution in [3.8, 4) is 0 Å². The van der Waals surface area contributed by atoms with Gasteiger partial charge in [0, 0.05) is 20.3 Å². The molecule has 0 aliphatic carbocycles. The third-order valence-electron chi connectivity index (χ3n) is 5.15. The number of carbonyl (C=O) groups is 1. The summed E-state index contributed by atoms with van der Waals surface area (Å²) in [6.45, 7) is 6.09. The highest BCUT2D eigenvalue weighted by molar-refractivity contribution is 6.67. The first-order valence-corrected chi connectivity index (χ1v) is 12.8. The topological polar surface area (TPSA) is 44.8 Å². The van der Waals surface area contributed by atoms with Crippen molar-refractivity contribution in [2.75, 3.05) is 20.8 Å². The highest BCUT2D eigenvalue weighted by Gasteiger charge is 2.32. The van der Waals surface area contributed by atoms with Crippen molar-refractivity contribution >= 4 is 14.5 Å². The molecule has 0 N–H and O–H groups in total. The summed E-state index contributed by atoms with van der Waals surface area (Å²) in [5, 5.41) is 0. The molecular formula is C21H42O4Si. The summed E-state index contributed by atoms with van der Waals surface area (Å²) in [5.41, 5.74) is 0. The molecule has 0 radical (unpaired) electrons. The Morgan fingerprint density at radius 1 is 0.808 bits per heavy atom. The maximum absolute atomic E-state index is 10.9. The first kappa shape index (κ1) is 25.3. The molecule has 0 spiro atoms. The number of unbranched alkanes of at least 4 members (excludes halogenated alkanes) is 11. The molecule has 0 saturated heterocycles. The van der Waals surface area contributed by atoms with E-state index in [1.54, 1.807) is 14.2 Å². The van der Waals surface area contributed by atoms with Gasteiger partial charge in [0.2, 0.25) is 0 Å². The molecule has 0 aromatic heterocycles. The third-order valence-corrected chi connectivity index (χ3v) is 8.83. The van der Waals surface area contributed by atoms with E-state index in [9.17, 15) is 4.79 Å². The molecule has 4 nitrogen and oxygen atoms in total. The first-order valence-electron chi connectivity index (χ1n) is 10.5. The summed E-state index contributed by atoms with van der Waals surface area (Å²) in [5.74, 6) is -0.311. The molecule has 0 fully saturated rings. The second-order valence-corrected chi connectivity index (χ2v) is 10.9. The van der Waals surface area contributed by atoms with E-state index in [4.69, 9.17) is 13.6 Å². The van der Waals surface area contributed by atoms with Gasteiger partial charge in [-0.1, -0.05) is 84.1 Å². The summed E-state index contributed by atoms with van der Waals surface area (Å²) in [4.78, 5) is 10.9. The van der Waals surface area contributed by atoms with Crippen LogP contribution in [-0.4, -0.2) is 35.4 Å². The number of rotatable bonds is 19. The monoisotopic (exact) mass is 386 g/mol. The van der Waals surface area contributed by atoms with Crippen LogP contribution < -0.4 is 0 Å². The predicted molar refractivity (Wildman–Crippen MR) is 112 cm³/mol. The van der Waals surface area contributed by atoms with E-state index in [0.717, 1.165) is 24.9 Å². The molecule has 0 heterocycles. The zero-order chi connectivity index (χ0) is 19.5. The fraction of sp³-hybridized carbons (Fsp3) is 0.857. The van der Waals surface area contributed by atoms with Gasteiger partial charge in [0.1, 0.15) is 0 Å². The normalized spacial score (nSPS) is 11.5. The van der Waals surface area contributed by atoms with E-state index in [-0.39, 0.29) is 5.97 Å². The smallest absolute Gasteiger partial charge is 0.337 e. The van der Waals surface area contributed by atoms with E-state index in [0.29, 0.717) is 6.61 Å². The Labute approximate surface area is 162 Å². The maximum Gasteiger partial charge on any atom is 0.337 e. The van der Waals surface area contributed by atoms with Gasteiger partial charge in [-0.05, 0) is 18.5 Å². The second-order valence-electron chi connectivity index (χ2n) is 7.04. The van der Waals surface area contributed by atoms with Crippen molar-refractivity contribution < 1.29 is 18.4 Å². The fourth-order valence-corrected chi connectivity index (χ4v) is 5.54. The Kier molecular flexibility index (Phi) is 17.3. The Balaban J connectivity index is 3.27. The standard InChI is InChI=1S/C21H42O4Si/c1-5-21(22)25-19-17-15-13-11-9-7-8-10-12-14-16-18-20-26(6-2,23-3)24-4/h5H,1,6-20H2,2-4H3. The van der Waals surface area contributed by atoms with Crippen molar-refractivity contribution in [3.05, 3.63) is 12.7 Å². The number of esters is 1. The van der Waals surface area contributed by atoms with Crippen LogP contribution in [0.5, 0.6) is 0 Å². The number of hydrogen-bond acceptors (Lipinski definition) is 4. The van der Waals surface area contributed by atoms with E-state index in [1.807, 2.05) is 0 Å². The van der Waals surface area contributed by atoms with Crippen LogP contribution in [0.1, 0.15) is 84.0 Å². The second kappa shape index (κ2) is 17.7. The van der Waals surface area contributed by atoms with Crippen LogP contribution in [-0.2, 0) is 18.4 Å². The van der Waals surface area contributed by atoms with Crippen LogP contribution in [0.4, 0.5) is 0 Å². The van der Waals surface area contributed by atoms with Crippen molar-refractivity contribution in [2.24, 2.45) is 0 Å². The van der Waals surface area contributed by atoms with Crippen LogP contribution in [0.3, 0.4) is 0 Å². The Bertz CT molecular complexity index is 335.